The zero-order valence-corrected chi connectivity index (χ0v) is 12.8. The molecule has 4 nitrogen and oxygen atoms in total. The van der Waals surface area contributed by atoms with Gasteiger partial charge in [-0.25, -0.2) is 4.39 Å². The summed E-state index contributed by atoms with van der Waals surface area (Å²) >= 11 is 0. The molecule has 0 aliphatic carbocycles. The van der Waals surface area contributed by atoms with Crippen molar-refractivity contribution in [3.63, 3.8) is 0 Å². The summed E-state index contributed by atoms with van der Waals surface area (Å²) in [7, 11) is 0. The van der Waals surface area contributed by atoms with Crippen LogP contribution in [0.1, 0.15) is 35.3 Å². The van der Waals surface area contributed by atoms with E-state index >= 15 is 0 Å². The summed E-state index contributed by atoms with van der Waals surface area (Å²) < 4.78 is 24.9. The highest BCUT2D eigenvalue weighted by Gasteiger charge is 2.17. The molecule has 0 aromatic heterocycles. The van der Waals surface area contributed by atoms with Gasteiger partial charge in [0.1, 0.15) is 5.82 Å². The minimum Gasteiger partial charge on any atom is -0.490 e. The fourth-order valence-electron chi connectivity index (χ4n) is 2.45. The van der Waals surface area contributed by atoms with E-state index < -0.39 is 11.7 Å². The van der Waals surface area contributed by atoms with Crippen molar-refractivity contribution in [3.05, 3.63) is 59.4 Å². The Balaban J connectivity index is 1.76. The summed E-state index contributed by atoms with van der Waals surface area (Å²) in [5.41, 5.74) is 0.910. The number of amides is 1. The van der Waals surface area contributed by atoms with Crippen LogP contribution in [0, 0.1) is 5.82 Å². The zero-order chi connectivity index (χ0) is 16.2. The zero-order valence-electron chi connectivity index (χ0n) is 12.8. The molecule has 1 aliphatic heterocycles. The number of rotatable bonds is 3. The molecule has 23 heavy (non-hydrogen) atoms. The molecule has 1 amide bonds. The van der Waals surface area contributed by atoms with Crippen LogP contribution in [0.15, 0.2) is 42.5 Å². The number of hydrogen-bond acceptors (Lipinski definition) is 3. The van der Waals surface area contributed by atoms with E-state index in [9.17, 15) is 9.18 Å². The molecule has 0 saturated heterocycles. The summed E-state index contributed by atoms with van der Waals surface area (Å²) in [4.78, 5) is 12.2. The van der Waals surface area contributed by atoms with Gasteiger partial charge in [0.15, 0.2) is 11.5 Å². The third-order valence-corrected chi connectivity index (χ3v) is 3.74. The quantitative estimate of drug-likeness (QED) is 0.943. The third-order valence-electron chi connectivity index (χ3n) is 3.74. The largest absolute Gasteiger partial charge is 0.490 e. The first-order valence-electron chi connectivity index (χ1n) is 7.60. The van der Waals surface area contributed by atoms with Gasteiger partial charge in [-0.15, -0.1) is 0 Å². The van der Waals surface area contributed by atoms with E-state index in [0.717, 1.165) is 12.0 Å². The number of benzene rings is 2. The van der Waals surface area contributed by atoms with E-state index in [1.165, 1.54) is 12.1 Å². The van der Waals surface area contributed by atoms with Crippen molar-refractivity contribution < 1.29 is 18.7 Å². The van der Waals surface area contributed by atoms with Crippen LogP contribution in [0.5, 0.6) is 11.5 Å². The summed E-state index contributed by atoms with van der Waals surface area (Å²) in [6, 6.07) is 11.2. The molecular formula is C18H18FNO3. The number of hydrogen-bond donors (Lipinski definition) is 1. The molecule has 2 aromatic rings. The Hall–Kier alpha value is -2.56. The van der Waals surface area contributed by atoms with Crippen LogP contribution in [0.2, 0.25) is 0 Å². The minimum atomic E-state index is -0.532. The fraction of sp³-hybridized carbons (Fsp3) is 0.278. The molecule has 5 heteroatoms. The lowest BCUT2D eigenvalue weighted by Crippen LogP contribution is -2.27. The molecule has 0 radical (unpaired) electrons. The molecule has 1 atom stereocenters. The molecular weight excluding hydrogens is 297 g/mol. The molecule has 1 heterocycles. The highest BCUT2D eigenvalue weighted by molar-refractivity contribution is 5.94. The number of carbonyl (C=O) groups excluding carboxylic acids is 1. The van der Waals surface area contributed by atoms with Crippen LogP contribution < -0.4 is 14.8 Å². The Labute approximate surface area is 134 Å². The summed E-state index contributed by atoms with van der Waals surface area (Å²) in [6.45, 7) is 3.08. The van der Waals surface area contributed by atoms with E-state index in [1.807, 2.05) is 25.1 Å². The van der Waals surface area contributed by atoms with Gasteiger partial charge >= 0.3 is 0 Å². The Kier molecular flexibility index (Phi) is 4.46. The van der Waals surface area contributed by atoms with Crippen LogP contribution in [0.3, 0.4) is 0 Å². The second-order valence-corrected chi connectivity index (χ2v) is 5.43. The van der Waals surface area contributed by atoms with E-state index in [-0.39, 0.29) is 11.6 Å². The maximum Gasteiger partial charge on any atom is 0.254 e. The Morgan fingerprint density at radius 2 is 1.87 bits per heavy atom. The van der Waals surface area contributed by atoms with Gasteiger partial charge in [-0.1, -0.05) is 18.2 Å². The maximum absolute atomic E-state index is 13.7. The van der Waals surface area contributed by atoms with Gasteiger partial charge in [0.25, 0.3) is 5.91 Å². The predicted molar refractivity (Wildman–Crippen MR) is 84.3 cm³/mol. The van der Waals surface area contributed by atoms with Gasteiger partial charge in [0.2, 0.25) is 0 Å². The summed E-state index contributed by atoms with van der Waals surface area (Å²) in [6.07, 6.45) is 0.837. The lowest BCUT2D eigenvalue weighted by molar-refractivity contribution is 0.0935. The number of halogens is 1. The first-order chi connectivity index (χ1) is 11.1. The summed E-state index contributed by atoms with van der Waals surface area (Å²) in [5, 5.41) is 2.80. The van der Waals surface area contributed by atoms with E-state index in [1.54, 1.807) is 12.1 Å². The minimum absolute atomic E-state index is 0.0358. The van der Waals surface area contributed by atoms with E-state index in [2.05, 4.69) is 5.32 Å². The van der Waals surface area contributed by atoms with Gasteiger partial charge in [0.05, 0.1) is 24.8 Å². The van der Waals surface area contributed by atoms with Gasteiger partial charge in [0, 0.05) is 6.42 Å². The van der Waals surface area contributed by atoms with Gasteiger partial charge in [-0.3, -0.25) is 4.79 Å². The number of carbonyl (C=O) groups is 1. The Morgan fingerprint density at radius 1 is 1.13 bits per heavy atom. The predicted octanol–water partition coefficient (Wildman–Crippen LogP) is 3.48. The van der Waals surface area contributed by atoms with Crippen molar-refractivity contribution in [2.24, 2.45) is 0 Å². The SMILES string of the molecule is C[C@@H](NC(=O)c1ccccc1F)c1ccc2c(c1)OCCCO2. The second-order valence-electron chi connectivity index (χ2n) is 5.43. The first-order valence-corrected chi connectivity index (χ1v) is 7.60. The second kappa shape index (κ2) is 6.69. The van der Waals surface area contributed by atoms with Crippen LogP contribution in [0.4, 0.5) is 4.39 Å². The smallest absolute Gasteiger partial charge is 0.254 e. The average Bonchev–Trinajstić information content (AvgIpc) is 2.79. The molecule has 3 rings (SSSR count). The van der Waals surface area contributed by atoms with Crippen molar-refractivity contribution in [1.82, 2.24) is 5.32 Å². The molecule has 0 fully saturated rings. The van der Waals surface area contributed by atoms with Crippen LogP contribution >= 0.6 is 0 Å². The van der Waals surface area contributed by atoms with E-state index in [0.29, 0.717) is 24.7 Å². The van der Waals surface area contributed by atoms with Gasteiger partial charge in [-0.2, -0.15) is 0 Å². The lowest BCUT2D eigenvalue weighted by atomic mass is 10.1. The topological polar surface area (TPSA) is 47.6 Å². The third kappa shape index (κ3) is 3.44. The molecule has 2 aromatic carbocycles. The Bertz CT molecular complexity index is 717. The molecule has 0 unspecified atom stereocenters. The summed E-state index contributed by atoms with van der Waals surface area (Å²) in [5.74, 6) is 0.407. The van der Waals surface area contributed by atoms with Crippen LogP contribution in [-0.2, 0) is 0 Å². The highest BCUT2D eigenvalue weighted by atomic mass is 19.1. The lowest BCUT2D eigenvalue weighted by Gasteiger charge is -2.16. The Morgan fingerprint density at radius 3 is 2.65 bits per heavy atom. The molecule has 120 valence electrons. The number of ether oxygens (including phenoxy) is 2. The van der Waals surface area contributed by atoms with Crippen LogP contribution in [0.25, 0.3) is 0 Å². The first kappa shape index (κ1) is 15.3. The number of fused-ring (bicyclic) bond motifs is 1. The van der Waals surface area contributed by atoms with E-state index in [4.69, 9.17) is 9.47 Å². The normalized spacial score (nSPS) is 14.7. The van der Waals surface area contributed by atoms with Gasteiger partial charge < -0.3 is 14.8 Å². The van der Waals surface area contributed by atoms with Crippen molar-refractivity contribution in [2.75, 3.05) is 13.2 Å². The average molecular weight is 315 g/mol. The highest BCUT2D eigenvalue weighted by Crippen LogP contribution is 2.32. The maximum atomic E-state index is 13.7. The molecule has 1 N–H and O–H groups in total. The fourth-order valence-corrected chi connectivity index (χ4v) is 2.45. The van der Waals surface area contributed by atoms with Gasteiger partial charge in [-0.05, 0) is 36.8 Å². The molecule has 0 saturated carbocycles. The molecule has 0 bridgehead atoms. The van der Waals surface area contributed by atoms with Crippen molar-refractivity contribution in [2.45, 2.75) is 19.4 Å². The monoisotopic (exact) mass is 315 g/mol. The standard InChI is InChI=1S/C18H18FNO3/c1-12(20-18(21)14-5-2-3-6-15(14)19)13-7-8-16-17(11-13)23-10-4-9-22-16/h2-3,5-8,11-12H,4,9-10H2,1H3,(H,20,21)/t12-/m1/s1. The van der Waals surface area contributed by atoms with Crippen molar-refractivity contribution in [1.29, 1.82) is 0 Å². The van der Waals surface area contributed by atoms with Crippen molar-refractivity contribution in [3.8, 4) is 11.5 Å². The van der Waals surface area contributed by atoms with Crippen LogP contribution in [-0.4, -0.2) is 19.1 Å². The number of nitrogens with one attached hydrogen (secondary N) is 1. The molecule has 1 aliphatic rings. The molecule has 0 spiro atoms. The van der Waals surface area contributed by atoms with Crippen molar-refractivity contribution >= 4 is 5.91 Å².